The highest BCUT2D eigenvalue weighted by atomic mass is 35.5. The Hall–Kier alpha value is -1.82. The Bertz CT molecular complexity index is 601. The third kappa shape index (κ3) is 2.31. The van der Waals surface area contributed by atoms with Gasteiger partial charge in [-0.2, -0.15) is 9.67 Å². The molecule has 0 unspecified atom stereocenters. The predicted octanol–water partition coefficient (Wildman–Crippen LogP) is 2.63. The maximum absolute atomic E-state index is 13.9. The van der Waals surface area contributed by atoms with E-state index >= 15 is 0 Å². The number of piperidine rings is 1. The zero-order chi connectivity index (χ0) is 14.1. The van der Waals surface area contributed by atoms with Crippen molar-refractivity contribution in [2.24, 2.45) is 0 Å². The Morgan fingerprint density at radius 2 is 1.95 bits per heavy atom. The van der Waals surface area contributed by atoms with E-state index in [4.69, 9.17) is 17.3 Å². The Balaban J connectivity index is 2.00. The van der Waals surface area contributed by atoms with E-state index in [1.54, 1.807) is 12.1 Å². The molecule has 7 heteroatoms. The van der Waals surface area contributed by atoms with E-state index in [0.717, 1.165) is 25.9 Å². The van der Waals surface area contributed by atoms with E-state index in [0.29, 0.717) is 5.95 Å². The number of hydrogen-bond acceptors (Lipinski definition) is 4. The molecule has 1 aliphatic heterocycles. The fourth-order valence-corrected chi connectivity index (χ4v) is 2.64. The second-order valence-electron chi connectivity index (χ2n) is 4.80. The Labute approximate surface area is 121 Å². The van der Waals surface area contributed by atoms with Crippen molar-refractivity contribution >= 4 is 23.5 Å². The van der Waals surface area contributed by atoms with Gasteiger partial charge in [-0.15, -0.1) is 5.10 Å². The number of rotatable bonds is 2. The van der Waals surface area contributed by atoms with Crippen molar-refractivity contribution in [2.75, 3.05) is 23.7 Å². The highest BCUT2D eigenvalue weighted by Crippen LogP contribution is 2.26. The standard InChI is InChI=1S/C13H15ClFN5/c14-9-5-4-6-10(15)11(9)20-12(16)17-13(18-20)19-7-2-1-3-8-19/h4-6H,1-3,7-8H2,(H2,16,17,18). The van der Waals surface area contributed by atoms with Gasteiger partial charge in [0.05, 0.1) is 5.02 Å². The normalized spacial score (nSPS) is 15.6. The van der Waals surface area contributed by atoms with E-state index < -0.39 is 5.82 Å². The summed E-state index contributed by atoms with van der Waals surface area (Å²) in [6.45, 7) is 1.79. The highest BCUT2D eigenvalue weighted by molar-refractivity contribution is 6.32. The van der Waals surface area contributed by atoms with E-state index in [2.05, 4.69) is 15.0 Å². The van der Waals surface area contributed by atoms with Gasteiger partial charge >= 0.3 is 0 Å². The highest BCUT2D eigenvalue weighted by Gasteiger charge is 2.20. The van der Waals surface area contributed by atoms with Crippen LogP contribution in [0.2, 0.25) is 5.02 Å². The number of hydrogen-bond donors (Lipinski definition) is 1. The van der Waals surface area contributed by atoms with Crippen molar-refractivity contribution < 1.29 is 4.39 Å². The summed E-state index contributed by atoms with van der Waals surface area (Å²) in [4.78, 5) is 6.28. The lowest BCUT2D eigenvalue weighted by molar-refractivity contribution is 0.566. The van der Waals surface area contributed by atoms with Gasteiger partial charge in [0.25, 0.3) is 0 Å². The lowest BCUT2D eigenvalue weighted by Crippen LogP contribution is -2.30. The molecule has 20 heavy (non-hydrogen) atoms. The SMILES string of the molecule is Nc1nc(N2CCCCC2)nn1-c1c(F)cccc1Cl. The fraction of sp³-hybridized carbons (Fsp3) is 0.385. The van der Waals surface area contributed by atoms with Crippen LogP contribution in [-0.4, -0.2) is 27.9 Å². The van der Waals surface area contributed by atoms with Crippen molar-refractivity contribution in [3.05, 3.63) is 29.0 Å². The maximum Gasteiger partial charge on any atom is 0.246 e. The predicted molar refractivity (Wildman–Crippen MR) is 76.8 cm³/mol. The summed E-state index contributed by atoms with van der Waals surface area (Å²) in [5.74, 6) is 0.193. The van der Waals surface area contributed by atoms with Gasteiger partial charge in [-0.05, 0) is 31.4 Å². The van der Waals surface area contributed by atoms with Crippen LogP contribution >= 0.6 is 11.6 Å². The molecule has 0 atom stereocenters. The molecule has 106 valence electrons. The number of para-hydroxylation sites is 1. The lowest BCUT2D eigenvalue weighted by Gasteiger charge is -2.24. The Kier molecular flexibility index (Phi) is 3.48. The molecule has 1 aliphatic rings. The van der Waals surface area contributed by atoms with Gasteiger partial charge in [-0.25, -0.2) is 4.39 Å². The number of aromatic nitrogens is 3. The van der Waals surface area contributed by atoms with Crippen LogP contribution < -0.4 is 10.6 Å². The summed E-state index contributed by atoms with van der Waals surface area (Å²) in [7, 11) is 0. The van der Waals surface area contributed by atoms with Crippen molar-refractivity contribution in [3.63, 3.8) is 0 Å². The first-order chi connectivity index (χ1) is 9.66. The molecule has 0 aliphatic carbocycles. The van der Waals surface area contributed by atoms with Crippen molar-refractivity contribution in [2.45, 2.75) is 19.3 Å². The van der Waals surface area contributed by atoms with Crippen LogP contribution in [0.15, 0.2) is 18.2 Å². The fourth-order valence-electron chi connectivity index (χ4n) is 2.40. The van der Waals surface area contributed by atoms with E-state index in [1.807, 2.05) is 0 Å². The Morgan fingerprint density at radius 1 is 1.20 bits per heavy atom. The van der Waals surface area contributed by atoms with Gasteiger partial charge in [0, 0.05) is 13.1 Å². The van der Waals surface area contributed by atoms with Gasteiger partial charge in [0.15, 0.2) is 5.82 Å². The number of anilines is 2. The second kappa shape index (κ2) is 5.28. The van der Waals surface area contributed by atoms with E-state index in [9.17, 15) is 4.39 Å². The largest absolute Gasteiger partial charge is 0.368 e. The molecule has 2 N–H and O–H groups in total. The minimum Gasteiger partial charge on any atom is -0.368 e. The van der Waals surface area contributed by atoms with Crippen LogP contribution in [0.5, 0.6) is 0 Å². The molecule has 1 aromatic carbocycles. The third-order valence-corrected chi connectivity index (χ3v) is 3.71. The first-order valence-corrected chi connectivity index (χ1v) is 6.96. The first-order valence-electron chi connectivity index (χ1n) is 6.58. The number of nitrogen functional groups attached to an aromatic ring is 1. The number of benzene rings is 1. The zero-order valence-electron chi connectivity index (χ0n) is 10.9. The molecule has 0 bridgehead atoms. The molecular weight excluding hydrogens is 281 g/mol. The average Bonchev–Trinajstić information content (AvgIpc) is 2.82. The summed E-state index contributed by atoms with van der Waals surface area (Å²) in [5, 5.41) is 4.56. The van der Waals surface area contributed by atoms with E-state index in [-0.39, 0.29) is 16.7 Å². The summed E-state index contributed by atoms with van der Waals surface area (Å²) in [6, 6.07) is 4.46. The maximum atomic E-state index is 13.9. The number of halogens is 2. The second-order valence-corrected chi connectivity index (χ2v) is 5.21. The average molecular weight is 296 g/mol. The topological polar surface area (TPSA) is 60.0 Å². The molecule has 1 fully saturated rings. The van der Waals surface area contributed by atoms with Gasteiger partial charge in [0.1, 0.15) is 5.69 Å². The van der Waals surface area contributed by atoms with Crippen LogP contribution in [0.25, 0.3) is 5.69 Å². The van der Waals surface area contributed by atoms with Gasteiger partial charge in [-0.3, -0.25) is 0 Å². The molecule has 2 heterocycles. The zero-order valence-corrected chi connectivity index (χ0v) is 11.6. The van der Waals surface area contributed by atoms with Gasteiger partial charge in [0.2, 0.25) is 11.9 Å². The molecule has 5 nitrogen and oxygen atoms in total. The molecule has 0 spiro atoms. The van der Waals surface area contributed by atoms with Crippen LogP contribution in [-0.2, 0) is 0 Å². The van der Waals surface area contributed by atoms with Gasteiger partial charge in [-0.1, -0.05) is 17.7 Å². The monoisotopic (exact) mass is 295 g/mol. The van der Waals surface area contributed by atoms with E-state index in [1.165, 1.54) is 17.2 Å². The summed E-state index contributed by atoms with van der Waals surface area (Å²) < 4.78 is 15.2. The smallest absolute Gasteiger partial charge is 0.246 e. The molecule has 0 radical (unpaired) electrons. The van der Waals surface area contributed by atoms with Gasteiger partial charge < -0.3 is 10.6 Å². The molecule has 2 aromatic rings. The van der Waals surface area contributed by atoms with Crippen LogP contribution in [0.3, 0.4) is 0 Å². The van der Waals surface area contributed by atoms with Crippen molar-refractivity contribution in [1.82, 2.24) is 14.8 Å². The quantitative estimate of drug-likeness (QED) is 0.925. The summed E-state index contributed by atoms with van der Waals surface area (Å²) >= 11 is 6.03. The minimum atomic E-state index is -0.473. The van der Waals surface area contributed by atoms with Crippen LogP contribution in [0.4, 0.5) is 16.3 Å². The third-order valence-electron chi connectivity index (χ3n) is 3.41. The van der Waals surface area contributed by atoms with Crippen molar-refractivity contribution in [3.8, 4) is 5.69 Å². The lowest BCUT2D eigenvalue weighted by atomic mass is 10.1. The summed E-state index contributed by atoms with van der Waals surface area (Å²) in [6.07, 6.45) is 3.43. The molecular formula is C13H15ClFN5. The number of nitrogens with zero attached hydrogens (tertiary/aromatic N) is 4. The molecule has 1 saturated heterocycles. The molecule has 0 saturated carbocycles. The Morgan fingerprint density at radius 3 is 2.65 bits per heavy atom. The van der Waals surface area contributed by atoms with Crippen LogP contribution in [0.1, 0.15) is 19.3 Å². The summed E-state index contributed by atoms with van der Waals surface area (Å²) in [5.41, 5.74) is 6.00. The molecule has 1 aromatic heterocycles. The first kappa shape index (κ1) is 13.2. The number of nitrogens with two attached hydrogens (primary N) is 1. The molecule has 3 rings (SSSR count). The van der Waals surface area contributed by atoms with Crippen LogP contribution in [0, 0.1) is 5.82 Å². The molecule has 0 amide bonds. The minimum absolute atomic E-state index is 0.137. The van der Waals surface area contributed by atoms with Crippen molar-refractivity contribution in [1.29, 1.82) is 0 Å².